The molecule has 6 heteroatoms. The Labute approximate surface area is 128 Å². The second-order valence-corrected chi connectivity index (χ2v) is 6.09. The second kappa shape index (κ2) is 6.69. The van der Waals surface area contributed by atoms with Gasteiger partial charge < -0.3 is 15.7 Å². The van der Waals surface area contributed by atoms with Crippen LogP contribution in [0.5, 0.6) is 5.75 Å². The number of carbonyl (C=O) groups excluding carboxylic acids is 1. The molecule has 1 heterocycles. The van der Waals surface area contributed by atoms with Crippen molar-refractivity contribution in [3.63, 3.8) is 0 Å². The van der Waals surface area contributed by atoms with Crippen molar-refractivity contribution >= 4 is 17.2 Å². The van der Waals surface area contributed by atoms with Crippen molar-refractivity contribution in [1.82, 2.24) is 9.88 Å². The predicted octanol–water partition coefficient (Wildman–Crippen LogP) is 1.69. The van der Waals surface area contributed by atoms with Gasteiger partial charge in [-0.3, -0.25) is 4.79 Å². The number of aryl methyl sites for hydroxylation is 1. The van der Waals surface area contributed by atoms with Gasteiger partial charge in [-0.1, -0.05) is 12.1 Å². The van der Waals surface area contributed by atoms with Gasteiger partial charge in [-0.25, -0.2) is 4.98 Å². The molecule has 1 aromatic heterocycles. The fraction of sp³-hybridized carbons (Fsp3) is 0.333. The Morgan fingerprint density at radius 2 is 2.10 bits per heavy atom. The van der Waals surface area contributed by atoms with Gasteiger partial charge in [0.1, 0.15) is 5.75 Å². The van der Waals surface area contributed by atoms with E-state index in [-0.39, 0.29) is 11.7 Å². The van der Waals surface area contributed by atoms with Crippen molar-refractivity contribution in [3.05, 3.63) is 45.9 Å². The SMILES string of the molecule is Cc1nc(CN(C)C(=O)[C@H](N)Cc2ccc(O)cc2)cs1. The molecule has 0 saturated heterocycles. The van der Waals surface area contributed by atoms with Gasteiger partial charge in [0.15, 0.2) is 0 Å². The number of amides is 1. The summed E-state index contributed by atoms with van der Waals surface area (Å²) in [5, 5.41) is 12.2. The topological polar surface area (TPSA) is 79.5 Å². The summed E-state index contributed by atoms with van der Waals surface area (Å²) in [6.07, 6.45) is 0.444. The van der Waals surface area contributed by atoms with Crippen LogP contribution >= 0.6 is 11.3 Å². The molecule has 0 unspecified atom stereocenters. The quantitative estimate of drug-likeness (QED) is 0.881. The number of nitrogens with zero attached hydrogens (tertiary/aromatic N) is 2. The van der Waals surface area contributed by atoms with Crippen molar-refractivity contribution in [2.45, 2.75) is 25.9 Å². The summed E-state index contributed by atoms with van der Waals surface area (Å²) < 4.78 is 0. The third-order valence-electron chi connectivity index (χ3n) is 3.15. The van der Waals surface area contributed by atoms with Crippen LogP contribution in [0.4, 0.5) is 0 Å². The summed E-state index contributed by atoms with van der Waals surface area (Å²) in [5.74, 6) is 0.0865. The first-order chi connectivity index (χ1) is 9.95. The van der Waals surface area contributed by atoms with Crippen LogP contribution in [0.3, 0.4) is 0 Å². The molecular formula is C15H19N3O2S. The number of nitrogens with two attached hydrogens (primary N) is 1. The molecule has 2 rings (SSSR count). The first-order valence-electron chi connectivity index (χ1n) is 6.65. The molecule has 0 saturated carbocycles. The highest BCUT2D eigenvalue weighted by Gasteiger charge is 2.19. The van der Waals surface area contributed by atoms with E-state index in [4.69, 9.17) is 5.73 Å². The smallest absolute Gasteiger partial charge is 0.239 e. The van der Waals surface area contributed by atoms with E-state index in [1.165, 1.54) is 0 Å². The molecule has 1 aromatic carbocycles. The Morgan fingerprint density at radius 1 is 1.43 bits per heavy atom. The van der Waals surface area contributed by atoms with Crippen molar-refractivity contribution < 1.29 is 9.90 Å². The lowest BCUT2D eigenvalue weighted by atomic mass is 10.1. The Hall–Kier alpha value is -1.92. The van der Waals surface area contributed by atoms with Crippen LogP contribution in [0.1, 0.15) is 16.3 Å². The molecular weight excluding hydrogens is 286 g/mol. The van der Waals surface area contributed by atoms with E-state index in [1.807, 2.05) is 12.3 Å². The average molecular weight is 305 g/mol. The van der Waals surface area contributed by atoms with E-state index in [2.05, 4.69) is 4.98 Å². The van der Waals surface area contributed by atoms with Crippen LogP contribution in [-0.2, 0) is 17.8 Å². The van der Waals surface area contributed by atoms with Crippen molar-refractivity contribution in [2.75, 3.05) is 7.05 Å². The van der Waals surface area contributed by atoms with Gasteiger partial charge in [-0.05, 0) is 31.0 Å². The predicted molar refractivity (Wildman–Crippen MR) is 83.1 cm³/mol. The van der Waals surface area contributed by atoms with E-state index in [0.29, 0.717) is 13.0 Å². The number of aromatic nitrogens is 1. The van der Waals surface area contributed by atoms with Crippen LogP contribution in [0.2, 0.25) is 0 Å². The maximum atomic E-state index is 12.3. The third kappa shape index (κ3) is 4.27. The van der Waals surface area contributed by atoms with Crippen LogP contribution in [-0.4, -0.2) is 34.0 Å². The van der Waals surface area contributed by atoms with Gasteiger partial charge >= 0.3 is 0 Å². The number of rotatable bonds is 5. The number of carbonyl (C=O) groups is 1. The lowest BCUT2D eigenvalue weighted by molar-refractivity contribution is -0.131. The van der Waals surface area contributed by atoms with Gasteiger partial charge in [-0.15, -0.1) is 11.3 Å². The highest BCUT2D eigenvalue weighted by Crippen LogP contribution is 2.13. The number of phenolic OH excluding ortho intramolecular Hbond substituents is 1. The second-order valence-electron chi connectivity index (χ2n) is 5.03. The van der Waals surface area contributed by atoms with Crippen LogP contribution in [0.25, 0.3) is 0 Å². The van der Waals surface area contributed by atoms with Crippen molar-refractivity contribution in [3.8, 4) is 5.75 Å². The molecule has 0 spiro atoms. The molecule has 0 radical (unpaired) electrons. The zero-order valence-corrected chi connectivity index (χ0v) is 12.9. The van der Waals surface area contributed by atoms with Gasteiger partial charge in [0.2, 0.25) is 5.91 Å². The largest absolute Gasteiger partial charge is 0.508 e. The summed E-state index contributed by atoms with van der Waals surface area (Å²) in [6.45, 7) is 2.40. The monoisotopic (exact) mass is 305 g/mol. The van der Waals surface area contributed by atoms with Crippen LogP contribution in [0.15, 0.2) is 29.6 Å². The number of aromatic hydroxyl groups is 1. The molecule has 5 nitrogen and oxygen atoms in total. The number of hydrogen-bond acceptors (Lipinski definition) is 5. The van der Waals surface area contributed by atoms with Gasteiger partial charge in [0, 0.05) is 12.4 Å². The number of hydrogen-bond donors (Lipinski definition) is 2. The van der Waals surface area contributed by atoms with E-state index in [9.17, 15) is 9.90 Å². The minimum Gasteiger partial charge on any atom is -0.508 e. The first kappa shape index (κ1) is 15.5. The summed E-state index contributed by atoms with van der Waals surface area (Å²) in [7, 11) is 1.73. The van der Waals surface area contributed by atoms with E-state index in [0.717, 1.165) is 16.3 Å². The fourth-order valence-electron chi connectivity index (χ4n) is 2.06. The standard InChI is InChI=1S/C15H19N3O2S/c1-10-17-12(9-21-10)8-18(2)15(20)14(16)7-11-3-5-13(19)6-4-11/h3-6,9,14,19H,7-8,16H2,1-2H3/t14-/m1/s1. The molecule has 1 amide bonds. The van der Waals surface area contributed by atoms with E-state index < -0.39 is 6.04 Å². The zero-order valence-electron chi connectivity index (χ0n) is 12.1. The lowest BCUT2D eigenvalue weighted by Gasteiger charge is -2.20. The van der Waals surface area contributed by atoms with Crippen molar-refractivity contribution in [2.24, 2.45) is 5.73 Å². The van der Waals surface area contributed by atoms with Crippen molar-refractivity contribution in [1.29, 1.82) is 0 Å². The summed E-state index contributed by atoms with van der Waals surface area (Å²) in [4.78, 5) is 18.2. The number of benzene rings is 1. The molecule has 3 N–H and O–H groups in total. The van der Waals surface area contributed by atoms with Crippen LogP contribution in [0, 0.1) is 6.92 Å². The van der Waals surface area contributed by atoms with Crippen LogP contribution < -0.4 is 5.73 Å². The molecule has 112 valence electrons. The Kier molecular flexibility index (Phi) is 4.93. The lowest BCUT2D eigenvalue weighted by Crippen LogP contribution is -2.42. The molecule has 0 fully saturated rings. The highest BCUT2D eigenvalue weighted by molar-refractivity contribution is 7.09. The maximum absolute atomic E-state index is 12.3. The number of likely N-dealkylation sites (N-methyl/N-ethyl adjacent to an activating group) is 1. The third-order valence-corrected chi connectivity index (χ3v) is 3.97. The Morgan fingerprint density at radius 3 is 2.67 bits per heavy atom. The minimum atomic E-state index is -0.598. The molecule has 0 bridgehead atoms. The van der Waals surface area contributed by atoms with Gasteiger partial charge in [-0.2, -0.15) is 0 Å². The maximum Gasteiger partial charge on any atom is 0.239 e. The number of thiazole rings is 1. The fourth-order valence-corrected chi connectivity index (χ4v) is 2.66. The van der Waals surface area contributed by atoms with Gasteiger partial charge in [0.25, 0.3) is 0 Å². The summed E-state index contributed by atoms with van der Waals surface area (Å²) in [5.41, 5.74) is 7.78. The van der Waals surface area contributed by atoms with E-state index >= 15 is 0 Å². The zero-order chi connectivity index (χ0) is 15.4. The minimum absolute atomic E-state index is 0.117. The summed E-state index contributed by atoms with van der Waals surface area (Å²) >= 11 is 1.57. The van der Waals surface area contributed by atoms with Gasteiger partial charge in [0.05, 0.1) is 23.3 Å². The summed E-state index contributed by atoms with van der Waals surface area (Å²) in [6, 6.07) is 6.13. The molecule has 0 aliphatic heterocycles. The number of phenols is 1. The molecule has 0 aliphatic carbocycles. The average Bonchev–Trinajstić information content (AvgIpc) is 2.85. The first-order valence-corrected chi connectivity index (χ1v) is 7.53. The molecule has 2 aromatic rings. The molecule has 21 heavy (non-hydrogen) atoms. The Bertz CT molecular complexity index is 610. The molecule has 1 atom stereocenters. The highest BCUT2D eigenvalue weighted by atomic mass is 32.1. The normalized spacial score (nSPS) is 12.1. The molecule has 0 aliphatic rings. The van der Waals surface area contributed by atoms with E-state index in [1.54, 1.807) is 47.5 Å². The Balaban J connectivity index is 1.93.